The van der Waals surface area contributed by atoms with Gasteiger partial charge in [0, 0.05) is 29.7 Å². The second-order valence-corrected chi connectivity index (χ2v) is 7.51. The molecule has 1 unspecified atom stereocenters. The smallest absolute Gasteiger partial charge is 0.317 e. The molecule has 1 atom stereocenters. The Balaban J connectivity index is 1.71. The zero-order chi connectivity index (χ0) is 18.0. The van der Waals surface area contributed by atoms with Crippen LogP contribution in [0.25, 0.3) is 10.1 Å². The van der Waals surface area contributed by atoms with E-state index in [-0.39, 0.29) is 18.6 Å². The molecule has 0 spiro atoms. The van der Waals surface area contributed by atoms with Crippen molar-refractivity contribution in [2.24, 2.45) is 0 Å². The molecule has 0 saturated carbocycles. The summed E-state index contributed by atoms with van der Waals surface area (Å²) in [6.45, 7) is 1.75. The van der Waals surface area contributed by atoms with Crippen molar-refractivity contribution in [1.29, 1.82) is 0 Å². The molecular formula is C17H19ClN2O4S. The number of carbonyl (C=O) groups is 2. The number of carbonyl (C=O) groups excluding carboxylic acids is 1. The molecule has 1 fully saturated rings. The van der Waals surface area contributed by atoms with E-state index < -0.39 is 5.97 Å². The van der Waals surface area contributed by atoms with Crippen molar-refractivity contribution in [3.63, 3.8) is 0 Å². The molecule has 134 valence electrons. The van der Waals surface area contributed by atoms with Crippen LogP contribution in [0.1, 0.15) is 9.67 Å². The molecule has 6 nitrogen and oxygen atoms in total. The Hall–Kier alpha value is -1.67. The molecule has 1 aromatic heterocycles. The number of carboxylic acids is 1. The molecule has 25 heavy (non-hydrogen) atoms. The molecule has 2 heterocycles. The second kappa shape index (κ2) is 7.70. The highest BCUT2D eigenvalue weighted by Gasteiger charge is 2.28. The van der Waals surface area contributed by atoms with E-state index in [1.54, 1.807) is 16.8 Å². The number of aliphatic carboxylic acids is 1. The minimum Gasteiger partial charge on any atom is -0.480 e. The first-order valence-corrected chi connectivity index (χ1v) is 9.13. The highest BCUT2D eigenvalue weighted by atomic mass is 35.5. The number of nitrogens with zero attached hydrogens (tertiary/aromatic N) is 2. The topological polar surface area (TPSA) is 70.1 Å². The lowest BCUT2D eigenvalue weighted by Gasteiger charge is -2.34. The number of hydrogen-bond donors (Lipinski definition) is 1. The van der Waals surface area contributed by atoms with E-state index in [1.807, 2.05) is 24.3 Å². The minimum absolute atomic E-state index is 0.0596. The number of benzene rings is 1. The molecule has 1 N–H and O–H groups in total. The van der Waals surface area contributed by atoms with Crippen LogP contribution in [0.3, 0.4) is 0 Å². The monoisotopic (exact) mass is 382 g/mol. The van der Waals surface area contributed by atoms with Crippen LogP contribution >= 0.6 is 22.9 Å². The summed E-state index contributed by atoms with van der Waals surface area (Å²) in [5, 5.41) is 10.2. The fourth-order valence-electron chi connectivity index (χ4n) is 2.95. The van der Waals surface area contributed by atoms with E-state index >= 15 is 0 Å². The van der Waals surface area contributed by atoms with Crippen LogP contribution in [0, 0.1) is 0 Å². The van der Waals surface area contributed by atoms with Gasteiger partial charge in [-0.3, -0.25) is 14.5 Å². The fourth-order valence-corrected chi connectivity index (χ4v) is 4.43. The maximum absolute atomic E-state index is 12.9. The predicted octanol–water partition coefficient (Wildman–Crippen LogP) is 2.41. The normalized spacial score (nSPS) is 18.0. The predicted molar refractivity (Wildman–Crippen MR) is 97.6 cm³/mol. The van der Waals surface area contributed by atoms with Gasteiger partial charge in [-0.05, 0) is 13.1 Å². The number of carboxylic acid groups (broad SMARTS) is 1. The van der Waals surface area contributed by atoms with Crippen LogP contribution in [0.4, 0.5) is 0 Å². The Morgan fingerprint density at radius 1 is 1.44 bits per heavy atom. The van der Waals surface area contributed by atoms with Gasteiger partial charge in [0.1, 0.15) is 4.88 Å². The van der Waals surface area contributed by atoms with Gasteiger partial charge in [-0.1, -0.05) is 29.8 Å². The Labute approximate surface area is 154 Å². The molecule has 2 aromatic rings. The quantitative estimate of drug-likeness (QED) is 0.859. The van der Waals surface area contributed by atoms with E-state index in [9.17, 15) is 9.59 Å². The lowest BCUT2D eigenvalue weighted by Crippen LogP contribution is -2.49. The molecule has 1 aromatic carbocycles. The van der Waals surface area contributed by atoms with Crippen LogP contribution in [-0.2, 0) is 9.53 Å². The minimum atomic E-state index is -0.886. The maximum atomic E-state index is 12.9. The highest BCUT2D eigenvalue weighted by Crippen LogP contribution is 2.36. The zero-order valence-corrected chi connectivity index (χ0v) is 15.3. The average molecular weight is 383 g/mol. The van der Waals surface area contributed by atoms with Gasteiger partial charge in [0.2, 0.25) is 0 Å². The van der Waals surface area contributed by atoms with E-state index in [1.165, 1.54) is 11.3 Å². The second-order valence-electron chi connectivity index (χ2n) is 6.08. The summed E-state index contributed by atoms with van der Waals surface area (Å²) in [7, 11) is 1.72. The number of thiophene rings is 1. The van der Waals surface area contributed by atoms with Gasteiger partial charge in [-0.15, -0.1) is 11.3 Å². The van der Waals surface area contributed by atoms with Crippen molar-refractivity contribution in [3.05, 3.63) is 34.2 Å². The van der Waals surface area contributed by atoms with Gasteiger partial charge in [0.25, 0.3) is 5.91 Å². The number of halogens is 1. The summed E-state index contributed by atoms with van der Waals surface area (Å²) in [6.07, 6.45) is -0.213. The lowest BCUT2D eigenvalue weighted by atomic mass is 10.2. The average Bonchev–Trinajstić information content (AvgIpc) is 2.91. The molecule has 8 heteroatoms. The zero-order valence-electron chi connectivity index (χ0n) is 13.8. The largest absolute Gasteiger partial charge is 0.480 e. The SMILES string of the molecule is CN(CC(=O)O)CC1CN(C(=O)c2sc3ccccc3c2Cl)CCO1. The summed E-state index contributed by atoms with van der Waals surface area (Å²) in [5.74, 6) is -0.983. The van der Waals surface area contributed by atoms with Gasteiger partial charge in [-0.2, -0.15) is 0 Å². The van der Waals surface area contributed by atoms with Crippen molar-refractivity contribution in [1.82, 2.24) is 9.80 Å². The Bertz CT molecular complexity index is 794. The van der Waals surface area contributed by atoms with Crippen LogP contribution in [-0.4, -0.2) is 72.7 Å². The third-order valence-corrected chi connectivity index (χ3v) is 5.74. The number of hydrogen-bond acceptors (Lipinski definition) is 5. The van der Waals surface area contributed by atoms with Gasteiger partial charge in [0.05, 0.1) is 24.3 Å². The van der Waals surface area contributed by atoms with Crippen molar-refractivity contribution in [2.75, 3.05) is 39.8 Å². The van der Waals surface area contributed by atoms with E-state index in [4.69, 9.17) is 21.4 Å². The van der Waals surface area contributed by atoms with Crippen molar-refractivity contribution >= 4 is 44.9 Å². The highest BCUT2D eigenvalue weighted by molar-refractivity contribution is 7.21. The summed E-state index contributed by atoms with van der Waals surface area (Å²) < 4.78 is 6.67. The summed E-state index contributed by atoms with van der Waals surface area (Å²) >= 11 is 7.80. The molecule has 1 saturated heterocycles. The van der Waals surface area contributed by atoms with Crippen molar-refractivity contribution in [3.8, 4) is 0 Å². The molecule has 0 aliphatic carbocycles. The molecule has 1 amide bonds. The van der Waals surface area contributed by atoms with Gasteiger partial charge < -0.3 is 14.7 Å². The van der Waals surface area contributed by atoms with Crippen LogP contribution < -0.4 is 0 Å². The Kier molecular flexibility index (Phi) is 5.58. The van der Waals surface area contributed by atoms with Crippen molar-refractivity contribution in [2.45, 2.75) is 6.10 Å². The first kappa shape index (κ1) is 18.1. The number of morpholine rings is 1. The third-order valence-electron chi connectivity index (χ3n) is 4.08. The number of fused-ring (bicyclic) bond motifs is 1. The Morgan fingerprint density at radius 2 is 2.20 bits per heavy atom. The first-order valence-electron chi connectivity index (χ1n) is 7.94. The number of ether oxygens (including phenoxy) is 1. The van der Waals surface area contributed by atoms with Crippen molar-refractivity contribution < 1.29 is 19.4 Å². The number of rotatable bonds is 5. The van der Waals surface area contributed by atoms with E-state index in [2.05, 4.69) is 0 Å². The van der Waals surface area contributed by atoms with Gasteiger partial charge >= 0.3 is 5.97 Å². The molecular weight excluding hydrogens is 364 g/mol. The lowest BCUT2D eigenvalue weighted by molar-refractivity contribution is -0.138. The summed E-state index contributed by atoms with van der Waals surface area (Å²) in [4.78, 5) is 27.6. The summed E-state index contributed by atoms with van der Waals surface area (Å²) in [5.41, 5.74) is 0. The van der Waals surface area contributed by atoms with Gasteiger partial charge in [0.15, 0.2) is 0 Å². The van der Waals surface area contributed by atoms with Crippen LogP contribution in [0.5, 0.6) is 0 Å². The van der Waals surface area contributed by atoms with E-state index in [0.717, 1.165) is 10.1 Å². The number of likely N-dealkylation sites (N-methyl/N-ethyl adjacent to an activating group) is 1. The Morgan fingerprint density at radius 3 is 2.92 bits per heavy atom. The van der Waals surface area contributed by atoms with Crippen LogP contribution in [0.2, 0.25) is 5.02 Å². The number of amides is 1. The van der Waals surface area contributed by atoms with E-state index in [0.29, 0.717) is 36.1 Å². The molecule has 0 bridgehead atoms. The fraction of sp³-hybridized carbons (Fsp3) is 0.412. The molecule has 3 rings (SSSR count). The third kappa shape index (κ3) is 4.12. The van der Waals surface area contributed by atoms with Gasteiger partial charge in [-0.25, -0.2) is 0 Å². The van der Waals surface area contributed by atoms with Crippen LogP contribution in [0.15, 0.2) is 24.3 Å². The molecule has 1 aliphatic rings. The first-order chi connectivity index (χ1) is 12.0. The molecule has 0 radical (unpaired) electrons. The summed E-state index contributed by atoms with van der Waals surface area (Å²) in [6, 6.07) is 7.68. The maximum Gasteiger partial charge on any atom is 0.317 e. The molecule has 1 aliphatic heterocycles. The standard InChI is InChI=1S/C17H19ClN2O4S/c1-19(10-14(21)22)8-11-9-20(6-7-24-11)17(23)16-15(18)12-4-2-3-5-13(12)25-16/h2-5,11H,6-10H2,1H3,(H,21,22).